The van der Waals surface area contributed by atoms with Crippen LogP contribution in [0.1, 0.15) is 24.4 Å². The maximum absolute atomic E-state index is 12.7. The van der Waals surface area contributed by atoms with Crippen LogP contribution in [0.2, 0.25) is 0 Å². The first-order valence-electron chi connectivity index (χ1n) is 4.94. The monoisotopic (exact) mass is 231 g/mol. The Morgan fingerprint density at radius 2 is 1.93 bits per heavy atom. The van der Waals surface area contributed by atoms with Gasteiger partial charge in [-0.3, -0.25) is 0 Å². The smallest absolute Gasteiger partial charge is 0.123 e. The van der Waals surface area contributed by atoms with Gasteiger partial charge in [-0.25, -0.2) is 4.39 Å². The zero-order valence-electron chi connectivity index (χ0n) is 8.32. The Kier molecular flexibility index (Phi) is 4.51. The van der Waals surface area contributed by atoms with Gasteiger partial charge in [0, 0.05) is 0 Å². The molecule has 4 heteroatoms. The van der Waals surface area contributed by atoms with Crippen molar-refractivity contribution in [1.82, 2.24) is 5.32 Å². The summed E-state index contributed by atoms with van der Waals surface area (Å²) in [5.41, 5.74) is 0.957. The molecular formula is C11H15ClFNO. The molecule has 2 rings (SSSR count). The SMILES string of the molecule is Cl.OC1CCCNC1c1ccc(F)cc1. The van der Waals surface area contributed by atoms with Gasteiger partial charge in [0.1, 0.15) is 5.82 Å². The molecule has 1 aromatic rings. The van der Waals surface area contributed by atoms with Gasteiger partial charge in [-0.2, -0.15) is 0 Å². The summed E-state index contributed by atoms with van der Waals surface area (Å²) in [6, 6.07) is 6.27. The molecule has 0 bridgehead atoms. The van der Waals surface area contributed by atoms with Gasteiger partial charge in [0.15, 0.2) is 0 Å². The van der Waals surface area contributed by atoms with Gasteiger partial charge in [0.05, 0.1) is 12.1 Å². The van der Waals surface area contributed by atoms with Gasteiger partial charge in [0.2, 0.25) is 0 Å². The average molecular weight is 232 g/mol. The Labute approximate surface area is 94.9 Å². The molecule has 0 amide bonds. The number of halogens is 2. The number of aliphatic hydroxyl groups excluding tert-OH is 1. The average Bonchev–Trinajstić information content (AvgIpc) is 2.20. The molecule has 0 aromatic heterocycles. The molecule has 1 saturated heterocycles. The van der Waals surface area contributed by atoms with Crippen LogP contribution in [0.4, 0.5) is 4.39 Å². The number of aliphatic hydroxyl groups is 1. The summed E-state index contributed by atoms with van der Waals surface area (Å²) in [4.78, 5) is 0. The maximum atomic E-state index is 12.7. The van der Waals surface area contributed by atoms with Gasteiger partial charge in [-0.05, 0) is 37.1 Å². The van der Waals surface area contributed by atoms with Crippen molar-refractivity contribution >= 4 is 12.4 Å². The van der Waals surface area contributed by atoms with Crippen molar-refractivity contribution in [3.05, 3.63) is 35.6 Å². The van der Waals surface area contributed by atoms with E-state index < -0.39 is 0 Å². The summed E-state index contributed by atoms with van der Waals surface area (Å²) in [6.45, 7) is 0.916. The van der Waals surface area contributed by atoms with E-state index >= 15 is 0 Å². The lowest BCUT2D eigenvalue weighted by Crippen LogP contribution is -2.37. The fourth-order valence-electron chi connectivity index (χ4n) is 1.88. The minimum Gasteiger partial charge on any atom is -0.391 e. The number of piperidine rings is 1. The predicted octanol–water partition coefficient (Wildman–Crippen LogP) is 2.03. The van der Waals surface area contributed by atoms with E-state index in [0.29, 0.717) is 0 Å². The van der Waals surface area contributed by atoms with Gasteiger partial charge in [-0.15, -0.1) is 12.4 Å². The summed E-state index contributed by atoms with van der Waals surface area (Å²) in [7, 11) is 0. The lowest BCUT2D eigenvalue weighted by Gasteiger charge is -2.29. The molecule has 15 heavy (non-hydrogen) atoms. The molecule has 0 spiro atoms. The largest absolute Gasteiger partial charge is 0.391 e. The molecule has 1 heterocycles. The normalized spacial score (nSPS) is 25.7. The Balaban J connectivity index is 0.00000112. The molecule has 0 saturated carbocycles. The van der Waals surface area contributed by atoms with Crippen LogP contribution in [-0.4, -0.2) is 17.8 Å². The number of hydrogen-bond donors (Lipinski definition) is 2. The minimum absolute atomic E-state index is 0. The van der Waals surface area contributed by atoms with E-state index in [1.54, 1.807) is 12.1 Å². The summed E-state index contributed by atoms with van der Waals surface area (Å²) >= 11 is 0. The third-order valence-electron chi connectivity index (χ3n) is 2.65. The third kappa shape index (κ3) is 2.91. The molecule has 2 atom stereocenters. The highest BCUT2D eigenvalue weighted by Gasteiger charge is 2.23. The number of nitrogens with one attached hydrogen (secondary N) is 1. The van der Waals surface area contributed by atoms with Gasteiger partial charge in [-0.1, -0.05) is 12.1 Å². The Morgan fingerprint density at radius 1 is 1.27 bits per heavy atom. The van der Waals surface area contributed by atoms with Crippen LogP contribution >= 0.6 is 12.4 Å². The van der Waals surface area contributed by atoms with Crippen molar-refractivity contribution in [3.63, 3.8) is 0 Å². The number of rotatable bonds is 1. The molecule has 2 nitrogen and oxygen atoms in total. The number of hydrogen-bond acceptors (Lipinski definition) is 2. The molecule has 1 fully saturated rings. The Hall–Kier alpha value is -0.640. The second kappa shape index (κ2) is 5.45. The molecule has 2 N–H and O–H groups in total. The van der Waals surface area contributed by atoms with Crippen molar-refractivity contribution in [3.8, 4) is 0 Å². The highest BCUT2D eigenvalue weighted by Crippen LogP contribution is 2.23. The first-order valence-corrected chi connectivity index (χ1v) is 4.94. The van der Waals surface area contributed by atoms with Crippen LogP contribution in [-0.2, 0) is 0 Å². The van der Waals surface area contributed by atoms with Gasteiger partial charge >= 0.3 is 0 Å². The molecule has 1 aromatic carbocycles. The van der Waals surface area contributed by atoms with E-state index in [4.69, 9.17) is 0 Å². The van der Waals surface area contributed by atoms with Crippen LogP contribution in [0.15, 0.2) is 24.3 Å². The fraction of sp³-hybridized carbons (Fsp3) is 0.455. The lowest BCUT2D eigenvalue weighted by molar-refractivity contribution is 0.0965. The highest BCUT2D eigenvalue weighted by molar-refractivity contribution is 5.85. The topological polar surface area (TPSA) is 32.3 Å². The van der Waals surface area contributed by atoms with Gasteiger partial charge in [0.25, 0.3) is 0 Å². The molecule has 1 aliphatic heterocycles. The van der Waals surface area contributed by atoms with E-state index in [-0.39, 0.29) is 30.4 Å². The van der Waals surface area contributed by atoms with Crippen LogP contribution in [0.25, 0.3) is 0 Å². The van der Waals surface area contributed by atoms with E-state index in [2.05, 4.69) is 5.32 Å². The maximum Gasteiger partial charge on any atom is 0.123 e. The van der Waals surface area contributed by atoms with Crippen molar-refractivity contribution in [2.45, 2.75) is 25.0 Å². The van der Waals surface area contributed by atoms with Crippen molar-refractivity contribution in [2.75, 3.05) is 6.54 Å². The lowest BCUT2D eigenvalue weighted by atomic mass is 9.95. The van der Waals surface area contributed by atoms with Crippen LogP contribution in [0, 0.1) is 5.82 Å². The van der Waals surface area contributed by atoms with Crippen LogP contribution < -0.4 is 5.32 Å². The quantitative estimate of drug-likeness (QED) is 0.775. The van der Waals surface area contributed by atoms with E-state index in [1.807, 2.05) is 0 Å². The zero-order valence-corrected chi connectivity index (χ0v) is 9.14. The second-order valence-corrected chi connectivity index (χ2v) is 3.69. The zero-order chi connectivity index (χ0) is 9.97. The van der Waals surface area contributed by atoms with Crippen LogP contribution in [0.3, 0.4) is 0 Å². The molecule has 2 unspecified atom stereocenters. The van der Waals surface area contributed by atoms with E-state index in [1.165, 1.54) is 12.1 Å². The summed E-state index contributed by atoms with van der Waals surface area (Å²) < 4.78 is 12.7. The van der Waals surface area contributed by atoms with Gasteiger partial charge < -0.3 is 10.4 Å². The fourth-order valence-corrected chi connectivity index (χ4v) is 1.88. The molecule has 1 aliphatic rings. The standard InChI is InChI=1S/C11H14FNO.ClH/c12-9-5-3-8(4-6-9)11-10(14)2-1-7-13-11;/h3-6,10-11,13-14H,1-2,7H2;1H. The second-order valence-electron chi connectivity index (χ2n) is 3.69. The minimum atomic E-state index is -0.353. The predicted molar refractivity (Wildman–Crippen MR) is 59.6 cm³/mol. The molecular weight excluding hydrogens is 217 g/mol. The summed E-state index contributed by atoms with van der Waals surface area (Å²) in [6.07, 6.45) is 1.46. The van der Waals surface area contributed by atoms with E-state index in [9.17, 15) is 9.50 Å². The van der Waals surface area contributed by atoms with Crippen LogP contribution in [0.5, 0.6) is 0 Å². The van der Waals surface area contributed by atoms with Crippen molar-refractivity contribution < 1.29 is 9.50 Å². The molecule has 0 radical (unpaired) electrons. The van der Waals surface area contributed by atoms with E-state index in [0.717, 1.165) is 24.9 Å². The van der Waals surface area contributed by atoms with Crippen molar-refractivity contribution in [2.24, 2.45) is 0 Å². The van der Waals surface area contributed by atoms with Crippen molar-refractivity contribution in [1.29, 1.82) is 0 Å². The number of benzene rings is 1. The molecule has 0 aliphatic carbocycles. The summed E-state index contributed by atoms with van der Waals surface area (Å²) in [5.74, 6) is -0.237. The first-order chi connectivity index (χ1) is 6.77. The molecule has 84 valence electrons. The highest BCUT2D eigenvalue weighted by atomic mass is 35.5. The summed E-state index contributed by atoms with van der Waals surface area (Å²) in [5, 5.41) is 13.0. The Bertz CT molecular complexity index is 304. The Morgan fingerprint density at radius 3 is 2.53 bits per heavy atom. The first kappa shape index (κ1) is 12.4. The third-order valence-corrected chi connectivity index (χ3v) is 2.65.